The molecule has 0 aliphatic carbocycles. The second-order valence-corrected chi connectivity index (χ2v) is 21.3. The molecule has 5 N–H and O–H groups in total. The molecule has 0 bridgehead atoms. The lowest BCUT2D eigenvalue weighted by Gasteiger charge is -2.34. The zero-order valence-corrected chi connectivity index (χ0v) is 44.4. The van der Waals surface area contributed by atoms with Crippen LogP contribution in [0.2, 0.25) is 0 Å². The second-order valence-electron chi connectivity index (χ2n) is 21.3. The monoisotopic (exact) mass is 1000 g/mol. The maximum absolute atomic E-state index is 13.7. The minimum absolute atomic E-state index is 0.0100. The molecule has 1 saturated heterocycles. The second kappa shape index (κ2) is 30.0. The van der Waals surface area contributed by atoms with Gasteiger partial charge >= 0.3 is 17.9 Å². The van der Waals surface area contributed by atoms with Gasteiger partial charge in [-0.15, -0.1) is 0 Å². The normalized spacial score (nSPS) is 16.0. The Kier molecular flexibility index (Phi) is 26.2. The third-order valence-electron chi connectivity index (χ3n) is 10.8. The Bertz CT molecular complexity index is 1960. The smallest absolute Gasteiger partial charge is 0.320 e. The van der Waals surface area contributed by atoms with Gasteiger partial charge in [0, 0.05) is 77.3 Å². The van der Waals surface area contributed by atoms with E-state index in [0.29, 0.717) is 83.7 Å². The quantitative estimate of drug-likeness (QED) is 0.0658. The summed E-state index contributed by atoms with van der Waals surface area (Å²) in [6, 6.07) is 4.38. The molecule has 1 aliphatic rings. The van der Waals surface area contributed by atoms with E-state index in [0.717, 1.165) is 0 Å². The van der Waals surface area contributed by atoms with Gasteiger partial charge < -0.3 is 35.9 Å². The number of rotatable bonds is 24. The Morgan fingerprint density at radius 1 is 0.592 bits per heavy atom. The van der Waals surface area contributed by atoms with Gasteiger partial charge in [-0.25, -0.2) is 0 Å². The van der Waals surface area contributed by atoms with Crippen molar-refractivity contribution in [3.05, 3.63) is 35.4 Å². The molecule has 0 spiro atoms. The van der Waals surface area contributed by atoms with Gasteiger partial charge in [0.15, 0.2) is 11.6 Å². The van der Waals surface area contributed by atoms with Crippen molar-refractivity contribution in [2.45, 2.75) is 150 Å². The highest BCUT2D eigenvalue weighted by molar-refractivity contribution is 6.00. The SMILES string of the molecule is CC(=O)CN1CCN(CC(=O)NCc2cccc(C(=O)N[C@@H](CC(=O)OC(C)(C)C)C(=O)CCC(=O)N[C@@H](CCCCN)C(C)=O)c2)CCN(CC(=O)OC(C)(C)C)CCN(CC(=O)OC(C)(C)C)CC1. The van der Waals surface area contributed by atoms with Crippen LogP contribution in [0.1, 0.15) is 131 Å². The van der Waals surface area contributed by atoms with Crippen molar-refractivity contribution in [2.75, 3.05) is 85.1 Å². The van der Waals surface area contributed by atoms with Crippen LogP contribution in [0, 0.1) is 0 Å². The van der Waals surface area contributed by atoms with E-state index < -0.39 is 64.8 Å². The van der Waals surface area contributed by atoms with E-state index in [1.54, 1.807) is 80.5 Å². The van der Waals surface area contributed by atoms with E-state index in [1.807, 2.05) is 19.6 Å². The first-order valence-corrected chi connectivity index (χ1v) is 24.7. The van der Waals surface area contributed by atoms with Gasteiger partial charge in [0.25, 0.3) is 5.91 Å². The summed E-state index contributed by atoms with van der Waals surface area (Å²) in [6.45, 7) is 22.7. The van der Waals surface area contributed by atoms with Crippen LogP contribution in [0.3, 0.4) is 0 Å². The molecule has 2 atom stereocenters. The molecule has 0 unspecified atom stereocenters. The van der Waals surface area contributed by atoms with Crippen LogP contribution in [0.5, 0.6) is 0 Å². The van der Waals surface area contributed by atoms with Crippen LogP contribution in [-0.2, 0) is 59.1 Å². The number of esters is 3. The van der Waals surface area contributed by atoms with Gasteiger partial charge in [-0.1, -0.05) is 12.1 Å². The van der Waals surface area contributed by atoms with Crippen LogP contribution in [-0.4, -0.2) is 187 Å². The molecule has 2 rings (SSSR count). The number of hydrogen-bond donors (Lipinski definition) is 4. The Hall–Kier alpha value is -5.15. The summed E-state index contributed by atoms with van der Waals surface area (Å²) in [5, 5.41) is 8.23. The Morgan fingerprint density at radius 3 is 1.54 bits per heavy atom. The average Bonchev–Trinajstić information content (AvgIpc) is 3.23. The fourth-order valence-corrected chi connectivity index (χ4v) is 7.50. The fourth-order valence-electron chi connectivity index (χ4n) is 7.50. The molecule has 20 heteroatoms. The molecule has 71 heavy (non-hydrogen) atoms. The zero-order chi connectivity index (χ0) is 53.5. The van der Waals surface area contributed by atoms with E-state index in [2.05, 4.69) is 16.0 Å². The number of unbranched alkanes of at least 4 members (excludes halogenated alkanes) is 1. The molecule has 1 aliphatic heterocycles. The van der Waals surface area contributed by atoms with Crippen molar-refractivity contribution in [3.63, 3.8) is 0 Å². The molecule has 1 fully saturated rings. The molecule has 20 nitrogen and oxygen atoms in total. The molecular formula is C51H84N8O12. The third kappa shape index (κ3) is 28.5. The van der Waals surface area contributed by atoms with Crippen LogP contribution < -0.4 is 21.7 Å². The highest BCUT2D eigenvalue weighted by Gasteiger charge is 2.29. The number of hydrogen-bond acceptors (Lipinski definition) is 17. The summed E-state index contributed by atoms with van der Waals surface area (Å²) in [7, 11) is 0. The lowest BCUT2D eigenvalue weighted by molar-refractivity contribution is -0.158. The number of ether oxygens (including phenoxy) is 3. The standard InChI is InChI=1S/C51H84N8O12/c1-36(60)32-56-21-23-57(24-26-59(35-47(67)71-51(9,10)11)28-27-58(25-22-56)34-46(66)70-50(6,7)8)33-44(64)53-31-38-15-14-16-39(29-38)48(68)55-41(30-45(65)69-49(3,4)5)42(62)18-19-43(63)54-40(37(2)61)17-12-13-20-52/h14-16,29,40-41H,12-13,17-28,30-35,52H2,1-11H3,(H,53,64)(H,54,63)(H,55,68)/t40-,41-/m0/s1. The maximum Gasteiger partial charge on any atom is 0.320 e. The van der Waals surface area contributed by atoms with E-state index >= 15 is 0 Å². The summed E-state index contributed by atoms with van der Waals surface area (Å²) >= 11 is 0. The lowest BCUT2D eigenvalue weighted by atomic mass is 10.0. The van der Waals surface area contributed by atoms with Crippen LogP contribution in [0.15, 0.2) is 24.3 Å². The van der Waals surface area contributed by atoms with Crippen molar-refractivity contribution in [3.8, 4) is 0 Å². The van der Waals surface area contributed by atoms with Gasteiger partial charge in [0.2, 0.25) is 11.8 Å². The number of benzene rings is 1. The van der Waals surface area contributed by atoms with Crippen LogP contribution >= 0.6 is 0 Å². The third-order valence-corrected chi connectivity index (χ3v) is 10.8. The number of carbonyl (C=O) groups is 9. The molecule has 3 amide bonds. The number of nitrogens with zero attached hydrogens (tertiary/aromatic N) is 4. The highest BCUT2D eigenvalue weighted by Crippen LogP contribution is 2.14. The molecule has 0 radical (unpaired) electrons. The molecule has 1 aromatic carbocycles. The average molecular weight is 1000 g/mol. The van der Waals surface area contributed by atoms with Gasteiger partial charge in [0.1, 0.15) is 22.6 Å². The first-order chi connectivity index (χ1) is 33.0. The molecular weight excluding hydrogens is 917 g/mol. The molecule has 0 saturated carbocycles. The predicted molar refractivity (Wildman–Crippen MR) is 268 cm³/mol. The Balaban J connectivity index is 2.22. The largest absolute Gasteiger partial charge is 0.460 e. The molecule has 0 aromatic heterocycles. The van der Waals surface area contributed by atoms with Crippen molar-refractivity contribution < 1.29 is 57.4 Å². The number of ketones is 3. The van der Waals surface area contributed by atoms with Crippen molar-refractivity contribution in [2.24, 2.45) is 5.73 Å². The minimum Gasteiger partial charge on any atom is -0.460 e. The number of amides is 3. The number of carbonyl (C=O) groups excluding carboxylic acids is 9. The van der Waals surface area contributed by atoms with Crippen molar-refractivity contribution in [1.29, 1.82) is 0 Å². The number of Topliss-reactive ketones (excluding diaryl/α,β-unsaturated/α-hetero) is 3. The van der Waals surface area contributed by atoms with E-state index in [4.69, 9.17) is 19.9 Å². The topological polar surface area (TPSA) is 256 Å². The van der Waals surface area contributed by atoms with E-state index in [1.165, 1.54) is 19.9 Å². The van der Waals surface area contributed by atoms with Crippen molar-refractivity contribution in [1.82, 2.24) is 35.6 Å². The molecule has 1 aromatic rings. The zero-order valence-electron chi connectivity index (χ0n) is 44.4. The first-order valence-electron chi connectivity index (χ1n) is 24.7. The maximum atomic E-state index is 13.7. The van der Waals surface area contributed by atoms with Crippen LogP contribution in [0.4, 0.5) is 0 Å². The van der Waals surface area contributed by atoms with Gasteiger partial charge in [-0.05, 0) is 120 Å². The van der Waals surface area contributed by atoms with E-state index in [9.17, 15) is 43.2 Å². The summed E-state index contributed by atoms with van der Waals surface area (Å²) in [4.78, 5) is 125. The highest BCUT2D eigenvalue weighted by atomic mass is 16.6. The van der Waals surface area contributed by atoms with Gasteiger partial charge in [-0.2, -0.15) is 0 Å². The summed E-state index contributed by atoms with van der Waals surface area (Å²) < 4.78 is 16.7. The molecule has 400 valence electrons. The van der Waals surface area contributed by atoms with Crippen molar-refractivity contribution >= 4 is 53.0 Å². The summed E-state index contributed by atoms with van der Waals surface area (Å²) in [5.41, 5.74) is 4.06. The number of nitrogens with one attached hydrogen (secondary N) is 3. The first kappa shape index (κ1) is 62.0. The summed E-state index contributed by atoms with van der Waals surface area (Å²) in [6.07, 6.45) is 0.659. The van der Waals surface area contributed by atoms with E-state index in [-0.39, 0.29) is 74.6 Å². The summed E-state index contributed by atoms with van der Waals surface area (Å²) in [5.74, 6) is -3.85. The fraction of sp³-hybridized carbons (Fsp3) is 0.706. The minimum atomic E-state index is -1.33. The number of nitrogens with two attached hydrogens (primary N) is 1. The molecule has 1 heterocycles. The van der Waals surface area contributed by atoms with Gasteiger partial charge in [-0.3, -0.25) is 62.8 Å². The Labute approximate surface area is 421 Å². The lowest BCUT2D eigenvalue weighted by Crippen LogP contribution is -2.50. The Morgan fingerprint density at radius 2 is 1.07 bits per heavy atom. The van der Waals surface area contributed by atoms with Crippen LogP contribution in [0.25, 0.3) is 0 Å². The predicted octanol–water partition coefficient (Wildman–Crippen LogP) is 2.18. The van der Waals surface area contributed by atoms with Gasteiger partial charge in [0.05, 0.1) is 44.7 Å².